The van der Waals surface area contributed by atoms with Gasteiger partial charge in [-0.15, -0.1) is 0 Å². The zero-order valence-corrected chi connectivity index (χ0v) is 18.6. The van der Waals surface area contributed by atoms with Crippen LogP contribution in [-0.4, -0.2) is 52.4 Å². The molecule has 0 fully saturated rings. The minimum Gasteiger partial charge on any atom is -0.508 e. The molecule has 6 nitrogen and oxygen atoms in total. The molecule has 1 aromatic carbocycles. The van der Waals surface area contributed by atoms with Crippen LogP contribution in [0.4, 0.5) is 0 Å². The number of allylic oxidation sites excluding steroid dienone is 1. The molecule has 7 heteroatoms. The third-order valence-corrected chi connectivity index (χ3v) is 7.61. The van der Waals surface area contributed by atoms with Gasteiger partial charge < -0.3 is 15.3 Å². The molecule has 1 aromatic heterocycles. The Morgan fingerprint density at radius 3 is 2.61 bits per heavy atom. The molecule has 0 saturated carbocycles. The lowest BCUT2D eigenvalue weighted by Crippen LogP contribution is -2.29. The maximum atomic E-state index is 12.5. The molecular weight excluding hydrogens is 414 g/mol. The monoisotopic (exact) mass is 443 g/mol. The fourth-order valence-electron chi connectivity index (χ4n) is 4.03. The van der Waals surface area contributed by atoms with Gasteiger partial charge in [-0.05, 0) is 71.4 Å². The summed E-state index contributed by atoms with van der Waals surface area (Å²) in [6.07, 6.45) is 3.34. The lowest BCUT2D eigenvalue weighted by atomic mass is 9.90. The Labute approximate surface area is 183 Å². The van der Waals surface area contributed by atoms with Crippen LogP contribution in [-0.2, 0) is 9.84 Å². The van der Waals surface area contributed by atoms with Gasteiger partial charge in [0.2, 0.25) is 0 Å². The molecule has 0 aliphatic carbocycles. The molecule has 2 aromatic rings. The van der Waals surface area contributed by atoms with E-state index in [1.807, 2.05) is 44.2 Å². The van der Waals surface area contributed by atoms with Crippen LogP contribution in [0.1, 0.15) is 37.9 Å². The number of sulfone groups is 1. The van der Waals surface area contributed by atoms with E-state index in [0.717, 1.165) is 16.8 Å². The summed E-state index contributed by atoms with van der Waals surface area (Å²) in [4.78, 5) is 4.41. The first-order chi connectivity index (χ1) is 14.7. The molecule has 0 amide bonds. The summed E-state index contributed by atoms with van der Waals surface area (Å²) < 4.78 is 25.0. The van der Waals surface area contributed by atoms with E-state index in [1.54, 1.807) is 24.4 Å². The number of hydrogen-bond donors (Lipinski definition) is 3. The summed E-state index contributed by atoms with van der Waals surface area (Å²) in [5, 5.41) is 29.4. The summed E-state index contributed by atoms with van der Waals surface area (Å²) in [5.41, 5.74) is 3.54. The van der Waals surface area contributed by atoms with E-state index >= 15 is 0 Å². The Morgan fingerprint density at radius 2 is 2.00 bits per heavy atom. The first-order valence-electron chi connectivity index (χ1n) is 10.4. The first kappa shape index (κ1) is 23.2. The SMILES string of the molecule is CC(C)C1=C([C@H](O)CC/C(=C/c2cccc(O)c2)c2ccccn2)[C@H](CO)S(=O)(=O)C1. The second-order valence-electron chi connectivity index (χ2n) is 8.15. The van der Waals surface area contributed by atoms with Crippen molar-refractivity contribution < 1.29 is 23.7 Å². The minimum atomic E-state index is -3.51. The number of aliphatic hydroxyl groups is 2. The number of nitrogens with zero attached hydrogens (tertiary/aromatic N) is 1. The Hall–Kier alpha value is -2.48. The molecule has 31 heavy (non-hydrogen) atoms. The number of rotatable bonds is 8. The Kier molecular flexibility index (Phi) is 7.30. The highest BCUT2D eigenvalue weighted by atomic mass is 32.2. The second-order valence-corrected chi connectivity index (χ2v) is 10.3. The van der Waals surface area contributed by atoms with Gasteiger partial charge in [-0.25, -0.2) is 8.42 Å². The van der Waals surface area contributed by atoms with E-state index in [-0.39, 0.29) is 17.4 Å². The first-order valence-corrected chi connectivity index (χ1v) is 12.1. The van der Waals surface area contributed by atoms with Crippen LogP contribution in [0.25, 0.3) is 11.6 Å². The van der Waals surface area contributed by atoms with Gasteiger partial charge >= 0.3 is 0 Å². The van der Waals surface area contributed by atoms with Gasteiger partial charge in [0.05, 0.1) is 24.2 Å². The Morgan fingerprint density at radius 1 is 1.23 bits per heavy atom. The molecule has 2 heterocycles. The van der Waals surface area contributed by atoms with Crippen LogP contribution in [0.5, 0.6) is 5.75 Å². The van der Waals surface area contributed by atoms with Crippen LogP contribution in [0.3, 0.4) is 0 Å². The maximum Gasteiger partial charge on any atom is 0.163 e. The van der Waals surface area contributed by atoms with Gasteiger partial charge in [-0.3, -0.25) is 4.98 Å². The molecule has 3 N–H and O–H groups in total. The molecule has 0 spiro atoms. The lowest BCUT2D eigenvalue weighted by Gasteiger charge is -2.20. The van der Waals surface area contributed by atoms with Crippen LogP contribution in [0.15, 0.2) is 59.8 Å². The third-order valence-electron chi connectivity index (χ3n) is 5.62. The van der Waals surface area contributed by atoms with Crippen molar-refractivity contribution in [3.63, 3.8) is 0 Å². The maximum absolute atomic E-state index is 12.5. The predicted octanol–water partition coefficient (Wildman–Crippen LogP) is 3.21. The second kappa shape index (κ2) is 9.77. The lowest BCUT2D eigenvalue weighted by molar-refractivity contribution is 0.189. The van der Waals surface area contributed by atoms with Gasteiger partial charge in [0.25, 0.3) is 0 Å². The quantitative estimate of drug-likeness (QED) is 0.541. The van der Waals surface area contributed by atoms with Crippen LogP contribution < -0.4 is 0 Å². The number of phenolic OH excluding ortho intramolecular Hbond substituents is 1. The molecule has 0 unspecified atom stereocenters. The van der Waals surface area contributed by atoms with Crippen LogP contribution in [0, 0.1) is 5.92 Å². The number of benzene rings is 1. The predicted molar refractivity (Wildman–Crippen MR) is 122 cm³/mol. The average molecular weight is 444 g/mol. The number of hydrogen-bond acceptors (Lipinski definition) is 6. The Balaban J connectivity index is 1.90. The standard InChI is InChI=1S/C24H29NO5S/c1-16(2)20-15-31(29,30)23(14-26)24(20)22(28)10-9-18(21-8-3-4-11-25-21)12-17-6-5-7-19(27)13-17/h3-8,11-13,16,22-23,26-28H,9-10,14-15H2,1-2H3/b18-12-/t22-,23+/m1/s1. The van der Waals surface area contributed by atoms with Gasteiger partial charge in [-0.2, -0.15) is 0 Å². The van der Waals surface area contributed by atoms with E-state index in [2.05, 4.69) is 4.98 Å². The summed E-state index contributed by atoms with van der Waals surface area (Å²) in [7, 11) is -3.51. The van der Waals surface area contributed by atoms with E-state index in [4.69, 9.17) is 0 Å². The summed E-state index contributed by atoms with van der Waals surface area (Å²) in [5.74, 6) is 0.00559. The van der Waals surface area contributed by atoms with Crippen LogP contribution in [0.2, 0.25) is 0 Å². The minimum absolute atomic E-state index is 0.0333. The average Bonchev–Trinajstić information content (AvgIpc) is 3.02. The highest BCUT2D eigenvalue weighted by Crippen LogP contribution is 2.36. The molecule has 1 aliphatic rings. The summed E-state index contributed by atoms with van der Waals surface area (Å²) in [6.45, 7) is 3.27. The van der Waals surface area contributed by atoms with Crippen molar-refractivity contribution in [2.75, 3.05) is 12.4 Å². The fraction of sp³-hybridized carbons (Fsp3) is 0.375. The number of phenols is 1. The molecule has 0 radical (unpaired) electrons. The summed E-state index contributed by atoms with van der Waals surface area (Å²) in [6, 6.07) is 12.4. The third kappa shape index (κ3) is 5.42. The van der Waals surface area contributed by atoms with Crippen molar-refractivity contribution in [1.29, 1.82) is 0 Å². The zero-order chi connectivity index (χ0) is 22.6. The number of aromatic nitrogens is 1. The van der Waals surface area contributed by atoms with Crippen molar-refractivity contribution in [2.45, 2.75) is 38.0 Å². The van der Waals surface area contributed by atoms with Gasteiger partial charge in [0, 0.05) is 6.20 Å². The topological polar surface area (TPSA) is 108 Å². The fourth-order valence-corrected chi connectivity index (χ4v) is 6.09. The van der Waals surface area contributed by atoms with E-state index < -0.39 is 27.8 Å². The van der Waals surface area contributed by atoms with Gasteiger partial charge in [-0.1, -0.05) is 32.0 Å². The Bertz CT molecular complexity index is 1070. The molecule has 166 valence electrons. The van der Waals surface area contributed by atoms with Crippen molar-refractivity contribution in [2.24, 2.45) is 5.92 Å². The highest BCUT2D eigenvalue weighted by molar-refractivity contribution is 7.92. The number of aliphatic hydroxyl groups excluding tert-OH is 2. The summed E-state index contributed by atoms with van der Waals surface area (Å²) >= 11 is 0. The largest absolute Gasteiger partial charge is 0.508 e. The highest BCUT2D eigenvalue weighted by Gasteiger charge is 2.41. The molecule has 2 atom stereocenters. The molecular formula is C24H29NO5S. The molecule has 0 saturated heterocycles. The number of pyridine rings is 1. The molecule has 1 aliphatic heterocycles. The van der Waals surface area contributed by atoms with Crippen molar-refractivity contribution in [3.8, 4) is 5.75 Å². The van der Waals surface area contributed by atoms with Gasteiger partial charge in [0.1, 0.15) is 11.0 Å². The van der Waals surface area contributed by atoms with Crippen molar-refractivity contribution in [3.05, 3.63) is 71.1 Å². The van der Waals surface area contributed by atoms with Crippen LogP contribution >= 0.6 is 0 Å². The molecule has 0 bridgehead atoms. The van der Waals surface area contributed by atoms with E-state index in [0.29, 0.717) is 24.0 Å². The van der Waals surface area contributed by atoms with Gasteiger partial charge in [0.15, 0.2) is 9.84 Å². The van der Waals surface area contributed by atoms with E-state index in [9.17, 15) is 23.7 Å². The van der Waals surface area contributed by atoms with E-state index in [1.165, 1.54) is 0 Å². The van der Waals surface area contributed by atoms with Crippen molar-refractivity contribution in [1.82, 2.24) is 4.98 Å². The number of aromatic hydroxyl groups is 1. The zero-order valence-electron chi connectivity index (χ0n) is 17.8. The van der Waals surface area contributed by atoms with Crippen molar-refractivity contribution >= 4 is 21.5 Å². The normalized spacial score (nSPS) is 19.8. The smallest absolute Gasteiger partial charge is 0.163 e. The molecule has 3 rings (SSSR count).